The summed E-state index contributed by atoms with van der Waals surface area (Å²) < 4.78 is 0. The molecule has 2 aliphatic heterocycles. The van der Waals surface area contributed by atoms with Crippen molar-refractivity contribution in [3.63, 3.8) is 0 Å². The summed E-state index contributed by atoms with van der Waals surface area (Å²) in [5.74, 6) is 2.97. The minimum absolute atomic E-state index is 0.835. The van der Waals surface area contributed by atoms with Crippen LogP contribution < -0.4 is 9.80 Å². The third kappa shape index (κ3) is 4.31. The van der Waals surface area contributed by atoms with Crippen LogP contribution in [0.25, 0.3) is 11.4 Å². The average Bonchev–Trinajstić information content (AvgIpc) is 3.36. The Morgan fingerprint density at radius 3 is 1.83 bits per heavy atom. The van der Waals surface area contributed by atoms with Crippen LogP contribution in [0.15, 0.2) is 66.7 Å². The van der Waals surface area contributed by atoms with E-state index in [1.54, 1.807) is 0 Å². The van der Waals surface area contributed by atoms with E-state index in [4.69, 9.17) is 9.97 Å². The fourth-order valence-corrected chi connectivity index (χ4v) is 4.39. The van der Waals surface area contributed by atoms with E-state index in [-0.39, 0.29) is 0 Å². The second-order valence-corrected chi connectivity index (χ2v) is 8.22. The Morgan fingerprint density at radius 2 is 1.20 bits per heavy atom. The van der Waals surface area contributed by atoms with Gasteiger partial charge in [0.05, 0.1) is 0 Å². The first-order valence-electron chi connectivity index (χ1n) is 11.1. The van der Waals surface area contributed by atoms with Crippen LogP contribution in [0.3, 0.4) is 0 Å². The standard InChI is InChI=1S/C25H29N5/c1-3-9-21(10-4-1)20-28-15-17-30(18-16-28)24-19-23(29-13-7-8-14-29)26-25(27-24)22-11-5-2-6-12-22/h1-6,9-12,19H,7-8,13-18,20H2. The van der Waals surface area contributed by atoms with Crippen molar-refractivity contribution in [3.05, 3.63) is 72.3 Å². The normalized spacial score (nSPS) is 17.5. The van der Waals surface area contributed by atoms with Crippen molar-refractivity contribution in [1.82, 2.24) is 14.9 Å². The molecule has 2 saturated heterocycles. The molecule has 0 aliphatic carbocycles. The summed E-state index contributed by atoms with van der Waals surface area (Å²) in [6.07, 6.45) is 2.50. The van der Waals surface area contributed by atoms with Crippen molar-refractivity contribution in [2.24, 2.45) is 0 Å². The molecular weight excluding hydrogens is 370 g/mol. The molecule has 5 heteroatoms. The highest BCUT2D eigenvalue weighted by Gasteiger charge is 2.22. The van der Waals surface area contributed by atoms with Crippen LogP contribution >= 0.6 is 0 Å². The molecule has 5 rings (SSSR count). The Balaban J connectivity index is 1.35. The van der Waals surface area contributed by atoms with Gasteiger partial charge < -0.3 is 9.80 Å². The molecule has 30 heavy (non-hydrogen) atoms. The Bertz CT molecular complexity index is 946. The number of anilines is 2. The largest absolute Gasteiger partial charge is 0.356 e. The van der Waals surface area contributed by atoms with Gasteiger partial charge in [0.1, 0.15) is 11.6 Å². The SMILES string of the molecule is c1ccc(CN2CCN(c3cc(N4CCCC4)nc(-c4ccccc4)n3)CC2)cc1. The molecule has 0 N–H and O–H groups in total. The van der Waals surface area contributed by atoms with Gasteiger partial charge >= 0.3 is 0 Å². The van der Waals surface area contributed by atoms with E-state index in [0.29, 0.717) is 0 Å². The third-order valence-corrected chi connectivity index (χ3v) is 6.11. The maximum Gasteiger partial charge on any atom is 0.163 e. The van der Waals surface area contributed by atoms with Crippen molar-refractivity contribution < 1.29 is 0 Å². The summed E-state index contributed by atoms with van der Waals surface area (Å²) in [6.45, 7) is 7.31. The van der Waals surface area contributed by atoms with Crippen LogP contribution in [0.5, 0.6) is 0 Å². The lowest BCUT2D eigenvalue weighted by atomic mass is 10.2. The van der Waals surface area contributed by atoms with Gasteiger partial charge in [0.2, 0.25) is 0 Å². The van der Waals surface area contributed by atoms with Gasteiger partial charge in [-0.3, -0.25) is 4.90 Å². The Morgan fingerprint density at radius 1 is 0.633 bits per heavy atom. The molecule has 3 aromatic rings. The Kier molecular flexibility index (Phi) is 5.62. The maximum absolute atomic E-state index is 4.98. The minimum Gasteiger partial charge on any atom is -0.356 e. The number of benzene rings is 2. The number of hydrogen-bond acceptors (Lipinski definition) is 5. The van der Waals surface area contributed by atoms with Gasteiger partial charge in [-0.1, -0.05) is 60.7 Å². The first-order chi connectivity index (χ1) is 14.8. The minimum atomic E-state index is 0.835. The summed E-state index contributed by atoms with van der Waals surface area (Å²) in [4.78, 5) is 17.3. The summed E-state index contributed by atoms with van der Waals surface area (Å²) in [5.41, 5.74) is 2.47. The zero-order valence-electron chi connectivity index (χ0n) is 17.5. The van der Waals surface area contributed by atoms with E-state index < -0.39 is 0 Å². The van der Waals surface area contributed by atoms with Crippen LogP contribution in [0.4, 0.5) is 11.6 Å². The van der Waals surface area contributed by atoms with Crippen molar-refractivity contribution >= 4 is 11.6 Å². The van der Waals surface area contributed by atoms with Crippen LogP contribution in [0, 0.1) is 0 Å². The summed E-state index contributed by atoms with van der Waals surface area (Å²) in [5, 5.41) is 0. The quantitative estimate of drug-likeness (QED) is 0.646. The molecule has 3 heterocycles. The molecule has 0 radical (unpaired) electrons. The lowest BCUT2D eigenvalue weighted by Gasteiger charge is -2.36. The molecule has 2 fully saturated rings. The molecule has 0 unspecified atom stereocenters. The second-order valence-electron chi connectivity index (χ2n) is 8.22. The third-order valence-electron chi connectivity index (χ3n) is 6.11. The zero-order chi connectivity index (χ0) is 20.2. The van der Waals surface area contributed by atoms with E-state index in [9.17, 15) is 0 Å². The molecule has 0 saturated carbocycles. The Labute approximate surface area is 179 Å². The van der Waals surface area contributed by atoms with E-state index in [1.807, 2.05) is 6.07 Å². The lowest BCUT2D eigenvalue weighted by Crippen LogP contribution is -2.46. The summed E-state index contributed by atoms with van der Waals surface area (Å²) >= 11 is 0. The van der Waals surface area contributed by atoms with Crippen LogP contribution in [0.1, 0.15) is 18.4 Å². The molecule has 154 valence electrons. The van der Waals surface area contributed by atoms with Gasteiger partial charge in [-0.25, -0.2) is 9.97 Å². The van der Waals surface area contributed by atoms with Crippen molar-refractivity contribution in [2.45, 2.75) is 19.4 Å². The van der Waals surface area contributed by atoms with Crippen molar-refractivity contribution in [3.8, 4) is 11.4 Å². The monoisotopic (exact) mass is 399 g/mol. The molecule has 5 nitrogen and oxygen atoms in total. The van der Waals surface area contributed by atoms with Gasteiger partial charge in [-0.05, 0) is 18.4 Å². The van der Waals surface area contributed by atoms with Gasteiger partial charge in [0.25, 0.3) is 0 Å². The highest BCUT2D eigenvalue weighted by atomic mass is 15.3. The van der Waals surface area contributed by atoms with Gasteiger partial charge in [-0.15, -0.1) is 0 Å². The molecule has 0 atom stereocenters. The number of nitrogens with zero attached hydrogens (tertiary/aromatic N) is 5. The fourth-order valence-electron chi connectivity index (χ4n) is 4.39. The zero-order valence-corrected chi connectivity index (χ0v) is 17.5. The van der Waals surface area contributed by atoms with Crippen molar-refractivity contribution in [2.75, 3.05) is 49.1 Å². The molecule has 0 spiro atoms. The van der Waals surface area contributed by atoms with E-state index >= 15 is 0 Å². The first-order valence-corrected chi connectivity index (χ1v) is 11.1. The molecule has 0 amide bonds. The molecule has 0 bridgehead atoms. The summed E-state index contributed by atoms with van der Waals surface area (Å²) in [6, 6.07) is 23.3. The highest BCUT2D eigenvalue weighted by molar-refractivity contribution is 5.62. The predicted molar refractivity (Wildman–Crippen MR) is 123 cm³/mol. The Hall–Kier alpha value is -2.92. The topological polar surface area (TPSA) is 35.5 Å². The number of hydrogen-bond donors (Lipinski definition) is 0. The number of rotatable bonds is 5. The second kappa shape index (κ2) is 8.84. The lowest BCUT2D eigenvalue weighted by molar-refractivity contribution is 0.249. The molecule has 2 aliphatic rings. The predicted octanol–water partition coefficient (Wildman–Crippen LogP) is 4.07. The van der Waals surface area contributed by atoms with Gasteiger partial charge in [0.15, 0.2) is 5.82 Å². The molecule has 2 aromatic carbocycles. The van der Waals surface area contributed by atoms with Gasteiger partial charge in [0, 0.05) is 57.4 Å². The molecular formula is C25H29N5. The fraction of sp³-hybridized carbons (Fsp3) is 0.360. The number of piperazine rings is 1. The van der Waals surface area contributed by atoms with Crippen LogP contribution in [-0.2, 0) is 6.54 Å². The van der Waals surface area contributed by atoms with Crippen LogP contribution in [-0.4, -0.2) is 54.1 Å². The van der Waals surface area contributed by atoms with E-state index in [1.165, 1.54) is 18.4 Å². The van der Waals surface area contributed by atoms with Crippen molar-refractivity contribution in [1.29, 1.82) is 0 Å². The highest BCUT2D eigenvalue weighted by Crippen LogP contribution is 2.27. The average molecular weight is 400 g/mol. The van der Waals surface area contributed by atoms with Gasteiger partial charge in [-0.2, -0.15) is 0 Å². The summed E-state index contributed by atoms with van der Waals surface area (Å²) in [7, 11) is 0. The number of aromatic nitrogens is 2. The smallest absolute Gasteiger partial charge is 0.163 e. The first kappa shape index (κ1) is 19.1. The van der Waals surface area contributed by atoms with E-state index in [2.05, 4.69) is 75.4 Å². The maximum atomic E-state index is 4.98. The van der Waals surface area contributed by atoms with E-state index in [0.717, 1.165) is 68.8 Å². The van der Waals surface area contributed by atoms with Crippen LogP contribution in [0.2, 0.25) is 0 Å². The molecule has 1 aromatic heterocycles.